The highest BCUT2D eigenvalue weighted by molar-refractivity contribution is 6.11. The Morgan fingerprint density at radius 3 is 2.83 bits per heavy atom. The van der Waals surface area contributed by atoms with Crippen LogP contribution in [0.3, 0.4) is 0 Å². The Morgan fingerprint density at radius 2 is 2.09 bits per heavy atom. The number of aryl methyl sites for hydroxylation is 2. The zero-order valence-corrected chi connectivity index (χ0v) is 14.1. The van der Waals surface area contributed by atoms with Crippen LogP contribution in [0.2, 0.25) is 0 Å². The smallest absolute Gasteiger partial charge is 0.170 e. The lowest BCUT2D eigenvalue weighted by molar-refractivity contribution is 0.0888. The molecular formula is C18H20ClN3O. The van der Waals surface area contributed by atoms with Crippen LogP contribution in [-0.4, -0.2) is 19.9 Å². The number of benzene rings is 1. The second-order valence-corrected chi connectivity index (χ2v) is 6.12. The maximum atomic E-state index is 13.0. The number of fused-ring (bicyclic) bond motifs is 3. The van der Waals surface area contributed by atoms with Gasteiger partial charge in [-0.2, -0.15) is 0 Å². The zero-order valence-electron chi connectivity index (χ0n) is 13.3. The summed E-state index contributed by atoms with van der Waals surface area (Å²) < 4.78 is 4.26. The molecular weight excluding hydrogens is 310 g/mol. The van der Waals surface area contributed by atoms with Gasteiger partial charge in [0, 0.05) is 54.1 Å². The van der Waals surface area contributed by atoms with Crippen molar-refractivity contribution in [3.8, 4) is 0 Å². The van der Waals surface area contributed by atoms with Crippen molar-refractivity contribution in [2.75, 3.05) is 0 Å². The van der Waals surface area contributed by atoms with Crippen molar-refractivity contribution in [3.63, 3.8) is 0 Å². The Morgan fingerprint density at radius 1 is 1.30 bits per heavy atom. The quantitative estimate of drug-likeness (QED) is 0.721. The topological polar surface area (TPSA) is 39.8 Å². The highest BCUT2D eigenvalue weighted by atomic mass is 35.5. The molecule has 3 aromatic rings. The van der Waals surface area contributed by atoms with Gasteiger partial charge in [-0.05, 0) is 25.8 Å². The predicted molar refractivity (Wildman–Crippen MR) is 93.3 cm³/mol. The molecule has 23 heavy (non-hydrogen) atoms. The first-order valence-corrected chi connectivity index (χ1v) is 7.75. The number of nitrogens with zero attached hydrogens (tertiary/aromatic N) is 3. The number of rotatable bonds is 2. The van der Waals surface area contributed by atoms with E-state index in [1.54, 1.807) is 6.20 Å². The van der Waals surface area contributed by atoms with Crippen molar-refractivity contribution in [2.24, 2.45) is 13.0 Å². The Bertz CT molecular complexity index is 878. The van der Waals surface area contributed by atoms with Gasteiger partial charge in [-0.25, -0.2) is 4.98 Å². The highest BCUT2D eigenvalue weighted by Gasteiger charge is 2.32. The van der Waals surface area contributed by atoms with Crippen LogP contribution in [0.4, 0.5) is 0 Å². The third-order valence-corrected chi connectivity index (χ3v) is 4.92. The van der Waals surface area contributed by atoms with E-state index < -0.39 is 0 Å². The molecule has 1 aromatic carbocycles. The first-order valence-electron chi connectivity index (χ1n) is 7.75. The molecule has 0 radical (unpaired) electrons. The second-order valence-electron chi connectivity index (χ2n) is 6.12. The first-order chi connectivity index (χ1) is 10.7. The van der Waals surface area contributed by atoms with Crippen molar-refractivity contribution < 1.29 is 4.79 Å². The van der Waals surface area contributed by atoms with Crippen LogP contribution in [0.25, 0.3) is 10.9 Å². The van der Waals surface area contributed by atoms with Crippen LogP contribution in [0.5, 0.6) is 0 Å². The molecule has 1 aliphatic carbocycles. The number of ketones is 1. The van der Waals surface area contributed by atoms with Crippen LogP contribution in [0, 0.1) is 12.8 Å². The molecule has 1 atom stereocenters. The minimum Gasteiger partial charge on any atom is -0.347 e. The summed E-state index contributed by atoms with van der Waals surface area (Å²) in [6.45, 7) is 2.71. The Kier molecular flexibility index (Phi) is 4.02. The van der Waals surface area contributed by atoms with Crippen LogP contribution >= 0.6 is 12.4 Å². The SMILES string of the molecule is Cc1nccn1C[C@H]1CCc2c(c3ccccc3n2C)C1=O.Cl. The summed E-state index contributed by atoms with van der Waals surface area (Å²) in [6, 6.07) is 8.21. The average Bonchev–Trinajstić information content (AvgIpc) is 3.05. The van der Waals surface area contributed by atoms with Crippen LogP contribution in [0.15, 0.2) is 36.7 Å². The number of hydrogen-bond acceptors (Lipinski definition) is 2. The summed E-state index contributed by atoms with van der Waals surface area (Å²) in [5.41, 5.74) is 3.28. The molecule has 120 valence electrons. The minimum atomic E-state index is 0. The van der Waals surface area contributed by atoms with Gasteiger partial charge in [0.25, 0.3) is 0 Å². The Balaban J connectivity index is 0.00000156. The summed E-state index contributed by atoms with van der Waals surface area (Å²) >= 11 is 0. The van der Waals surface area contributed by atoms with Gasteiger partial charge in [0.2, 0.25) is 0 Å². The number of halogens is 1. The number of carbonyl (C=O) groups excluding carboxylic acids is 1. The largest absolute Gasteiger partial charge is 0.347 e. The molecule has 4 nitrogen and oxygen atoms in total. The lowest BCUT2D eigenvalue weighted by Crippen LogP contribution is -2.27. The standard InChI is InChI=1S/C18H19N3O.ClH/c1-12-19-9-10-21(12)11-13-7-8-16-17(18(13)22)14-5-3-4-6-15(14)20(16)2;/h3-6,9-10,13H,7-8,11H2,1-2H3;1H/t13-;/m1./s1. The number of imidazole rings is 1. The van der Waals surface area contributed by atoms with Crippen molar-refractivity contribution >= 4 is 29.1 Å². The van der Waals surface area contributed by atoms with Crippen molar-refractivity contribution in [1.82, 2.24) is 14.1 Å². The molecule has 0 saturated heterocycles. The highest BCUT2D eigenvalue weighted by Crippen LogP contribution is 2.34. The lowest BCUT2D eigenvalue weighted by Gasteiger charge is -2.23. The van der Waals surface area contributed by atoms with Gasteiger partial charge in [-0.15, -0.1) is 12.4 Å². The first kappa shape index (κ1) is 15.8. The van der Waals surface area contributed by atoms with E-state index in [-0.39, 0.29) is 24.1 Å². The number of carbonyl (C=O) groups is 1. The molecule has 4 rings (SSSR count). The lowest BCUT2D eigenvalue weighted by atomic mass is 9.85. The summed E-state index contributed by atoms with van der Waals surface area (Å²) in [5, 5.41) is 1.09. The molecule has 0 unspecified atom stereocenters. The van der Waals surface area contributed by atoms with Crippen LogP contribution < -0.4 is 0 Å². The fourth-order valence-corrected chi connectivity index (χ4v) is 3.67. The van der Waals surface area contributed by atoms with Crippen molar-refractivity contribution in [3.05, 3.63) is 53.7 Å². The van der Waals surface area contributed by atoms with Gasteiger partial charge >= 0.3 is 0 Å². The van der Waals surface area contributed by atoms with E-state index in [1.165, 1.54) is 5.69 Å². The summed E-state index contributed by atoms with van der Waals surface area (Å²) in [6.07, 6.45) is 5.63. The van der Waals surface area contributed by atoms with E-state index in [0.717, 1.165) is 41.7 Å². The van der Waals surface area contributed by atoms with E-state index in [2.05, 4.69) is 33.3 Å². The maximum Gasteiger partial charge on any atom is 0.170 e. The molecule has 0 spiro atoms. The van der Waals surface area contributed by atoms with E-state index in [0.29, 0.717) is 0 Å². The third-order valence-electron chi connectivity index (χ3n) is 4.92. The second kappa shape index (κ2) is 5.85. The van der Waals surface area contributed by atoms with Gasteiger partial charge in [0.1, 0.15) is 5.82 Å². The van der Waals surface area contributed by atoms with E-state index in [1.807, 2.05) is 25.3 Å². The molecule has 0 N–H and O–H groups in total. The van der Waals surface area contributed by atoms with Gasteiger partial charge in [0.05, 0.1) is 0 Å². The molecule has 0 fully saturated rings. The monoisotopic (exact) mass is 329 g/mol. The molecule has 2 heterocycles. The Hall–Kier alpha value is -2.07. The summed E-state index contributed by atoms with van der Waals surface area (Å²) in [4.78, 5) is 17.3. The van der Waals surface area contributed by atoms with Gasteiger partial charge < -0.3 is 9.13 Å². The van der Waals surface area contributed by atoms with Gasteiger partial charge in [-0.3, -0.25) is 4.79 Å². The number of hydrogen-bond donors (Lipinski definition) is 0. The van der Waals surface area contributed by atoms with Gasteiger partial charge in [-0.1, -0.05) is 18.2 Å². The van der Waals surface area contributed by atoms with E-state index >= 15 is 0 Å². The minimum absolute atomic E-state index is 0. The molecule has 0 bridgehead atoms. The fourth-order valence-electron chi connectivity index (χ4n) is 3.67. The predicted octanol–water partition coefficient (Wildman–Crippen LogP) is 3.55. The van der Waals surface area contributed by atoms with Crippen molar-refractivity contribution in [2.45, 2.75) is 26.3 Å². The number of para-hydroxylation sites is 1. The third kappa shape index (κ3) is 2.38. The van der Waals surface area contributed by atoms with E-state index in [4.69, 9.17) is 0 Å². The molecule has 5 heteroatoms. The normalized spacial score (nSPS) is 17.1. The molecule has 2 aromatic heterocycles. The molecule has 0 aliphatic heterocycles. The van der Waals surface area contributed by atoms with E-state index in [9.17, 15) is 4.79 Å². The number of aromatic nitrogens is 3. The summed E-state index contributed by atoms with van der Waals surface area (Å²) in [5.74, 6) is 1.30. The van der Waals surface area contributed by atoms with Crippen LogP contribution in [0.1, 0.15) is 28.3 Å². The summed E-state index contributed by atoms with van der Waals surface area (Å²) in [7, 11) is 2.06. The van der Waals surface area contributed by atoms with Crippen molar-refractivity contribution in [1.29, 1.82) is 0 Å². The Labute approximate surface area is 141 Å². The average molecular weight is 330 g/mol. The maximum absolute atomic E-state index is 13.0. The fraction of sp³-hybridized carbons (Fsp3) is 0.333. The molecule has 1 aliphatic rings. The van der Waals surface area contributed by atoms with Crippen LogP contribution in [-0.2, 0) is 20.0 Å². The number of Topliss-reactive ketones (excluding diaryl/α,β-unsaturated/α-hetero) is 1. The zero-order chi connectivity index (χ0) is 15.3. The van der Waals surface area contributed by atoms with Gasteiger partial charge in [0.15, 0.2) is 5.78 Å². The molecule has 0 saturated carbocycles. The molecule has 0 amide bonds.